The van der Waals surface area contributed by atoms with Crippen molar-refractivity contribution in [1.29, 1.82) is 0 Å². The van der Waals surface area contributed by atoms with Crippen LogP contribution in [0.25, 0.3) is 0 Å². The van der Waals surface area contributed by atoms with Crippen molar-refractivity contribution < 1.29 is 26.3 Å². The first-order valence-corrected chi connectivity index (χ1v) is 4.00. The summed E-state index contributed by atoms with van der Waals surface area (Å²) in [6.45, 7) is -1.51. The lowest BCUT2D eigenvalue weighted by Gasteiger charge is -2.20. The molecular formula is C8H6F6N2. The minimum absolute atomic E-state index is 0.143. The van der Waals surface area contributed by atoms with Crippen molar-refractivity contribution in [2.75, 3.05) is 18.5 Å². The molecule has 1 heterocycles. The number of hydrogen-bond acceptors (Lipinski definition) is 2. The highest BCUT2D eigenvalue weighted by Crippen LogP contribution is 2.22. The predicted octanol–water partition coefficient (Wildman–Crippen LogP) is 2.50. The largest absolute Gasteiger partial charge is 0.405 e. The molecule has 0 bridgehead atoms. The number of nitrogens with zero attached hydrogens (tertiary/aromatic N) is 2. The van der Waals surface area contributed by atoms with Crippen LogP contribution >= 0.6 is 0 Å². The van der Waals surface area contributed by atoms with E-state index in [4.69, 9.17) is 0 Å². The van der Waals surface area contributed by atoms with Crippen LogP contribution in [0.1, 0.15) is 0 Å². The third-order valence-corrected chi connectivity index (χ3v) is 1.65. The zero-order valence-corrected chi connectivity index (χ0v) is 7.95. The number of rotatable bonds is 2. The molecule has 0 aliphatic rings. The highest BCUT2D eigenvalue weighted by molar-refractivity contribution is 5.39. The molecule has 0 radical (unpaired) electrons. The van der Waals surface area contributed by atoms with E-state index in [1.807, 2.05) is 0 Å². The third-order valence-electron chi connectivity index (χ3n) is 1.65. The van der Waals surface area contributed by atoms with E-state index in [1.54, 1.807) is 0 Å². The van der Waals surface area contributed by atoms with Gasteiger partial charge in [0.05, 0.1) is 0 Å². The van der Waals surface area contributed by atoms with Gasteiger partial charge < -0.3 is 4.90 Å². The van der Waals surface area contributed by atoms with E-state index < -0.39 is 36.1 Å². The van der Waals surface area contributed by atoms with Gasteiger partial charge in [0.2, 0.25) is 0 Å². The predicted molar refractivity (Wildman–Crippen MR) is 43.4 cm³/mol. The monoisotopic (exact) mass is 244 g/mol. The summed E-state index contributed by atoms with van der Waals surface area (Å²) in [5.41, 5.74) is 0. The topological polar surface area (TPSA) is 16.1 Å². The molecule has 0 unspecified atom stereocenters. The molecule has 0 aliphatic carbocycles. The fourth-order valence-corrected chi connectivity index (χ4v) is 1.05. The Kier molecular flexibility index (Phi) is 3.30. The molecule has 0 saturated carbocycles. The Hall–Kier alpha value is -1.47. The van der Waals surface area contributed by atoms with Gasteiger partial charge in [0.1, 0.15) is 6.54 Å². The standard InChI is InChI=1S/C8H6F6N2/c1-16(3-8(12,13)14)7-5(10)2-4(9)6(11)15-7/h2H,3H2,1H3. The summed E-state index contributed by atoms with van der Waals surface area (Å²) in [5.74, 6) is -5.45. The summed E-state index contributed by atoms with van der Waals surface area (Å²) in [6, 6.07) is 0.143. The van der Waals surface area contributed by atoms with Gasteiger partial charge in [0.25, 0.3) is 5.95 Å². The van der Waals surface area contributed by atoms with Crippen molar-refractivity contribution in [2.24, 2.45) is 0 Å². The second-order valence-electron chi connectivity index (χ2n) is 3.04. The second kappa shape index (κ2) is 4.18. The molecule has 8 heteroatoms. The van der Waals surface area contributed by atoms with Gasteiger partial charge in [-0.1, -0.05) is 0 Å². The Morgan fingerprint density at radius 2 is 1.75 bits per heavy atom. The highest BCUT2D eigenvalue weighted by Gasteiger charge is 2.31. The first-order chi connectivity index (χ1) is 7.20. The van der Waals surface area contributed by atoms with E-state index in [-0.39, 0.29) is 6.07 Å². The van der Waals surface area contributed by atoms with Gasteiger partial charge in [-0.3, -0.25) is 0 Å². The quantitative estimate of drug-likeness (QED) is 0.587. The fourth-order valence-electron chi connectivity index (χ4n) is 1.05. The summed E-state index contributed by atoms with van der Waals surface area (Å²) in [4.78, 5) is 3.11. The Morgan fingerprint density at radius 3 is 2.25 bits per heavy atom. The molecule has 0 aromatic carbocycles. The zero-order valence-electron chi connectivity index (χ0n) is 7.95. The summed E-state index contributed by atoms with van der Waals surface area (Å²) in [5, 5.41) is 0. The maximum Gasteiger partial charge on any atom is 0.405 e. The average molecular weight is 244 g/mol. The Labute approximate surface area is 86.5 Å². The maximum absolute atomic E-state index is 13.0. The van der Waals surface area contributed by atoms with Crippen molar-refractivity contribution in [2.45, 2.75) is 6.18 Å². The number of halogens is 6. The molecule has 0 aliphatic heterocycles. The van der Waals surface area contributed by atoms with Gasteiger partial charge in [0, 0.05) is 13.1 Å². The SMILES string of the molecule is CN(CC(F)(F)F)c1nc(F)c(F)cc1F. The van der Waals surface area contributed by atoms with Crippen molar-refractivity contribution in [3.63, 3.8) is 0 Å². The van der Waals surface area contributed by atoms with Crippen LogP contribution in [0.2, 0.25) is 0 Å². The molecular weight excluding hydrogens is 238 g/mol. The van der Waals surface area contributed by atoms with Crippen molar-refractivity contribution in [3.8, 4) is 0 Å². The number of alkyl halides is 3. The average Bonchev–Trinajstić information content (AvgIpc) is 2.08. The first-order valence-electron chi connectivity index (χ1n) is 4.00. The van der Waals surface area contributed by atoms with Crippen LogP contribution < -0.4 is 4.90 Å². The second-order valence-corrected chi connectivity index (χ2v) is 3.04. The summed E-state index contributed by atoms with van der Waals surface area (Å²) in [6.07, 6.45) is -4.59. The van der Waals surface area contributed by atoms with Crippen LogP contribution in [0, 0.1) is 17.6 Å². The Bertz CT molecular complexity index is 389. The van der Waals surface area contributed by atoms with Gasteiger partial charge in [-0.05, 0) is 0 Å². The zero-order chi connectivity index (χ0) is 12.5. The number of aromatic nitrogens is 1. The van der Waals surface area contributed by atoms with Gasteiger partial charge in [-0.2, -0.15) is 22.5 Å². The van der Waals surface area contributed by atoms with Gasteiger partial charge in [0.15, 0.2) is 17.5 Å². The Morgan fingerprint density at radius 1 is 1.19 bits per heavy atom. The molecule has 0 atom stereocenters. The van der Waals surface area contributed by atoms with E-state index in [1.165, 1.54) is 0 Å². The lowest BCUT2D eigenvalue weighted by atomic mass is 10.4. The summed E-state index contributed by atoms with van der Waals surface area (Å²) < 4.78 is 73.8. The normalized spacial score (nSPS) is 11.7. The van der Waals surface area contributed by atoms with Gasteiger partial charge in [-0.25, -0.2) is 8.78 Å². The molecule has 90 valence electrons. The number of hydrogen-bond donors (Lipinski definition) is 0. The van der Waals surface area contributed by atoms with Gasteiger partial charge in [-0.15, -0.1) is 0 Å². The molecule has 0 saturated heterocycles. The van der Waals surface area contributed by atoms with Gasteiger partial charge >= 0.3 is 6.18 Å². The van der Waals surface area contributed by atoms with Crippen LogP contribution in [0.5, 0.6) is 0 Å². The molecule has 1 rings (SSSR count). The minimum Gasteiger partial charge on any atom is -0.348 e. The van der Waals surface area contributed by atoms with Crippen LogP contribution in [0.15, 0.2) is 6.07 Å². The third kappa shape index (κ3) is 3.01. The molecule has 0 N–H and O–H groups in total. The smallest absolute Gasteiger partial charge is 0.348 e. The highest BCUT2D eigenvalue weighted by atomic mass is 19.4. The minimum atomic E-state index is -4.59. The molecule has 1 aromatic rings. The van der Waals surface area contributed by atoms with Crippen LogP contribution in [-0.4, -0.2) is 24.8 Å². The van der Waals surface area contributed by atoms with Crippen LogP contribution in [0.3, 0.4) is 0 Å². The molecule has 0 fully saturated rings. The number of pyridine rings is 1. The van der Waals surface area contributed by atoms with E-state index in [0.29, 0.717) is 4.90 Å². The molecule has 1 aromatic heterocycles. The first kappa shape index (κ1) is 12.6. The number of anilines is 1. The van der Waals surface area contributed by atoms with Crippen molar-refractivity contribution in [1.82, 2.24) is 4.98 Å². The van der Waals surface area contributed by atoms with Crippen molar-refractivity contribution >= 4 is 5.82 Å². The summed E-state index contributed by atoms with van der Waals surface area (Å²) in [7, 11) is 0.871. The van der Waals surface area contributed by atoms with E-state index in [9.17, 15) is 26.3 Å². The van der Waals surface area contributed by atoms with E-state index in [0.717, 1.165) is 7.05 Å². The van der Waals surface area contributed by atoms with Crippen molar-refractivity contribution in [3.05, 3.63) is 23.6 Å². The van der Waals surface area contributed by atoms with E-state index in [2.05, 4.69) is 4.98 Å². The lowest BCUT2D eigenvalue weighted by molar-refractivity contribution is -0.119. The van der Waals surface area contributed by atoms with Crippen LogP contribution in [-0.2, 0) is 0 Å². The summed E-state index contributed by atoms with van der Waals surface area (Å²) >= 11 is 0. The molecule has 0 spiro atoms. The van der Waals surface area contributed by atoms with Crippen LogP contribution in [0.4, 0.5) is 32.2 Å². The lowest BCUT2D eigenvalue weighted by Crippen LogP contribution is -2.32. The fraction of sp³-hybridized carbons (Fsp3) is 0.375. The molecule has 2 nitrogen and oxygen atoms in total. The van der Waals surface area contributed by atoms with E-state index >= 15 is 0 Å². The Balaban J connectivity index is 3.00. The molecule has 16 heavy (non-hydrogen) atoms. The molecule has 0 amide bonds. The maximum atomic E-state index is 13.0.